The predicted molar refractivity (Wildman–Crippen MR) is 146 cm³/mol. The third-order valence-electron chi connectivity index (χ3n) is 7.20. The first kappa shape index (κ1) is 37.5. The van der Waals surface area contributed by atoms with E-state index in [1.165, 1.54) is 0 Å². The smallest absolute Gasteiger partial charge is 0.321 e. The maximum Gasteiger partial charge on any atom is 0.321 e. The fraction of sp³-hybridized carbons (Fsp3) is 0.913. The topological polar surface area (TPSA) is 321 Å². The molecule has 0 spiro atoms. The maximum atomic E-state index is 11.9. The molecule has 3 aliphatic rings. The summed E-state index contributed by atoms with van der Waals surface area (Å²) in [6.45, 7) is -1.20. The van der Waals surface area contributed by atoms with Crippen molar-refractivity contribution >= 4 is 33.5 Å². The lowest BCUT2D eigenvalue weighted by atomic mass is 9.95. The highest BCUT2D eigenvalue weighted by atomic mass is 33.1. The molecule has 19 nitrogen and oxygen atoms in total. The van der Waals surface area contributed by atoms with Gasteiger partial charge in [-0.15, -0.1) is 0 Å². The molecule has 3 heterocycles. The minimum absolute atomic E-state index is 0.0602. The minimum Gasteiger partial charge on any atom is -0.480 e. The van der Waals surface area contributed by atoms with Crippen molar-refractivity contribution in [3.8, 4) is 0 Å². The molecule has 0 aromatic heterocycles. The molecule has 0 aromatic carbocycles. The van der Waals surface area contributed by atoms with Gasteiger partial charge in [-0.3, -0.25) is 9.59 Å². The Morgan fingerprint density at radius 2 is 1.32 bits per heavy atom. The number of hydrogen-bond donors (Lipinski definition) is 12. The number of aliphatic hydroxyl groups excluding tert-OH is 9. The number of nitrogens with one attached hydrogen (secondary N) is 1. The van der Waals surface area contributed by atoms with E-state index in [4.69, 9.17) is 34.5 Å². The zero-order valence-corrected chi connectivity index (χ0v) is 24.9. The molecule has 0 aliphatic carbocycles. The number of carbonyl (C=O) groups excluding carboxylic acids is 1. The Kier molecular flexibility index (Phi) is 14.3. The quantitative estimate of drug-likeness (QED) is 0.0804. The fourth-order valence-electron chi connectivity index (χ4n) is 4.77. The first-order chi connectivity index (χ1) is 20.7. The van der Waals surface area contributed by atoms with Crippen LogP contribution in [0.25, 0.3) is 0 Å². The average molecular weight is 681 g/mol. The summed E-state index contributed by atoms with van der Waals surface area (Å²) in [6.07, 6.45) is -21.8. The Balaban J connectivity index is 1.79. The van der Waals surface area contributed by atoms with Gasteiger partial charge < -0.3 is 85.8 Å². The van der Waals surface area contributed by atoms with Crippen molar-refractivity contribution in [2.45, 2.75) is 104 Å². The Labute approximate surface area is 258 Å². The van der Waals surface area contributed by atoms with Gasteiger partial charge in [-0.05, 0) is 0 Å². The standard InChI is InChI=1S/C23H40N2O17S2/c1-6(29)25-11-14(32)18(10(4-28)40-23(11)44-43-5-7(24)20(36)37)41-22-17(35)19(13(31)9(3-27)39-22)42-21-16(34)15(33)12(30)8(2-26)38-21/h7-19,21-23,26-28,30-35H,2-5,24H2,1H3,(H,25,29)(H,36,37)/t7?,8?,9?,10?,11?,12-,13-,14?,15?,16?,17?,18+,19?,21+,22-,23-/m0/s1. The highest BCUT2D eigenvalue weighted by molar-refractivity contribution is 8.76. The molecule has 1 amide bonds. The van der Waals surface area contributed by atoms with Crippen molar-refractivity contribution in [3.05, 3.63) is 0 Å². The van der Waals surface area contributed by atoms with Crippen LogP contribution in [0.1, 0.15) is 6.92 Å². The van der Waals surface area contributed by atoms with Crippen molar-refractivity contribution in [2.24, 2.45) is 5.73 Å². The van der Waals surface area contributed by atoms with E-state index in [-0.39, 0.29) is 5.75 Å². The van der Waals surface area contributed by atoms with Crippen LogP contribution in [0, 0.1) is 0 Å². The summed E-state index contributed by atoms with van der Waals surface area (Å²) in [5, 5.41) is 104. The van der Waals surface area contributed by atoms with Crippen molar-refractivity contribution in [3.63, 3.8) is 0 Å². The largest absolute Gasteiger partial charge is 0.480 e. The molecule has 3 aliphatic heterocycles. The van der Waals surface area contributed by atoms with E-state index in [2.05, 4.69) is 5.32 Å². The van der Waals surface area contributed by atoms with Gasteiger partial charge in [-0.1, -0.05) is 21.6 Å². The molecule has 3 fully saturated rings. The lowest BCUT2D eigenvalue weighted by Crippen LogP contribution is -2.67. The van der Waals surface area contributed by atoms with Gasteiger partial charge in [0.25, 0.3) is 0 Å². The number of aliphatic hydroxyl groups is 9. The molecule has 21 heteroatoms. The van der Waals surface area contributed by atoms with Crippen LogP contribution in [0.4, 0.5) is 0 Å². The summed E-state index contributed by atoms with van der Waals surface area (Å²) in [4.78, 5) is 23.0. The number of amides is 1. The molecule has 44 heavy (non-hydrogen) atoms. The van der Waals surface area contributed by atoms with E-state index in [0.717, 1.165) is 28.5 Å². The molecule has 10 unspecified atom stereocenters. The fourth-order valence-corrected chi connectivity index (χ4v) is 7.38. The van der Waals surface area contributed by atoms with Crippen molar-refractivity contribution in [2.75, 3.05) is 25.6 Å². The zero-order chi connectivity index (χ0) is 32.9. The van der Waals surface area contributed by atoms with Gasteiger partial charge >= 0.3 is 5.97 Å². The predicted octanol–water partition coefficient (Wildman–Crippen LogP) is -6.63. The van der Waals surface area contributed by atoms with E-state index in [1.807, 2.05) is 0 Å². The molecule has 3 saturated heterocycles. The molecule has 256 valence electrons. The third-order valence-corrected chi connectivity index (χ3v) is 9.81. The summed E-state index contributed by atoms with van der Waals surface area (Å²) in [5.74, 6) is -1.88. The summed E-state index contributed by atoms with van der Waals surface area (Å²) in [7, 11) is 1.92. The second-order valence-corrected chi connectivity index (χ2v) is 12.9. The average Bonchev–Trinajstić information content (AvgIpc) is 2.98. The number of carboxylic acids is 1. The second kappa shape index (κ2) is 16.7. The number of carbonyl (C=O) groups is 2. The van der Waals surface area contributed by atoms with Gasteiger partial charge in [0.05, 0.1) is 25.9 Å². The highest BCUT2D eigenvalue weighted by Gasteiger charge is 2.54. The van der Waals surface area contributed by atoms with E-state index in [9.17, 15) is 55.5 Å². The molecule has 3 rings (SSSR count). The Hall–Kier alpha value is -0.960. The Morgan fingerprint density at radius 1 is 0.773 bits per heavy atom. The molecular weight excluding hydrogens is 640 g/mol. The van der Waals surface area contributed by atoms with Crippen LogP contribution in [0.15, 0.2) is 0 Å². The van der Waals surface area contributed by atoms with Crippen LogP contribution >= 0.6 is 21.6 Å². The normalized spacial score (nSPS) is 43.8. The van der Waals surface area contributed by atoms with E-state index in [0.29, 0.717) is 0 Å². The van der Waals surface area contributed by atoms with Gasteiger partial charge in [0.1, 0.15) is 78.6 Å². The second-order valence-electron chi connectivity index (χ2n) is 10.4. The zero-order valence-electron chi connectivity index (χ0n) is 23.3. The Morgan fingerprint density at radius 3 is 1.86 bits per heavy atom. The van der Waals surface area contributed by atoms with Gasteiger partial charge in [-0.25, -0.2) is 0 Å². The van der Waals surface area contributed by atoms with Crippen LogP contribution in [0.3, 0.4) is 0 Å². The number of aliphatic carboxylic acids is 1. The van der Waals surface area contributed by atoms with Crippen molar-refractivity contribution in [1.29, 1.82) is 0 Å². The monoisotopic (exact) mass is 680 g/mol. The van der Waals surface area contributed by atoms with Gasteiger partial charge in [-0.2, -0.15) is 0 Å². The number of ether oxygens (including phenoxy) is 5. The first-order valence-electron chi connectivity index (χ1n) is 13.5. The van der Waals surface area contributed by atoms with E-state index >= 15 is 0 Å². The maximum absolute atomic E-state index is 11.9. The van der Waals surface area contributed by atoms with Crippen LogP contribution in [-0.2, 0) is 33.3 Å². The molecular formula is C23H40N2O17S2. The van der Waals surface area contributed by atoms with Gasteiger partial charge in [0.15, 0.2) is 12.6 Å². The van der Waals surface area contributed by atoms with E-state index in [1.54, 1.807) is 0 Å². The van der Waals surface area contributed by atoms with Crippen LogP contribution in [-0.4, -0.2) is 186 Å². The SMILES string of the molecule is CC(=O)NC1C(O)[C@H](O[C@@H]2OC(CO)[C@H](O)C(O[C@H]3OC(CO)[C@H](O)C(O)C3O)C2O)C(CO)O[C@H]1SSCC(N)C(=O)O. The number of nitrogens with two attached hydrogens (primary N) is 1. The molecule has 0 aromatic rings. The first-order valence-corrected chi connectivity index (χ1v) is 15.9. The highest BCUT2D eigenvalue weighted by Crippen LogP contribution is 2.38. The third kappa shape index (κ3) is 8.68. The molecule has 16 atom stereocenters. The number of rotatable bonds is 13. The van der Waals surface area contributed by atoms with Crippen LogP contribution in [0.2, 0.25) is 0 Å². The molecule has 0 radical (unpaired) electrons. The van der Waals surface area contributed by atoms with Gasteiger partial charge in [0, 0.05) is 12.7 Å². The van der Waals surface area contributed by atoms with E-state index < -0.39 is 129 Å². The van der Waals surface area contributed by atoms with Crippen molar-refractivity contribution < 1.29 is 84.3 Å². The van der Waals surface area contributed by atoms with Crippen LogP contribution in [0.5, 0.6) is 0 Å². The summed E-state index contributed by atoms with van der Waals surface area (Å²) < 4.78 is 27.9. The van der Waals surface area contributed by atoms with Crippen molar-refractivity contribution in [1.82, 2.24) is 5.32 Å². The summed E-state index contributed by atoms with van der Waals surface area (Å²) in [5.41, 5.74) is 4.47. The Bertz CT molecular complexity index is 941. The van der Waals surface area contributed by atoms with Gasteiger partial charge in [0.2, 0.25) is 5.91 Å². The minimum atomic E-state index is -1.94. The summed E-state index contributed by atoms with van der Waals surface area (Å²) >= 11 is 0. The van der Waals surface area contributed by atoms with Crippen LogP contribution < -0.4 is 11.1 Å². The number of carboxylic acid groups (broad SMARTS) is 1. The molecule has 0 saturated carbocycles. The summed E-state index contributed by atoms with van der Waals surface area (Å²) in [6, 6.07) is -2.40. The lowest BCUT2D eigenvalue weighted by molar-refractivity contribution is -0.371. The molecule has 0 bridgehead atoms. The lowest BCUT2D eigenvalue weighted by Gasteiger charge is -2.48. The molecule has 13 N–H and O–H groups in total. The number of hydrogen-bond acceptors (Lipinski definition) is 19.